The predicted octanol–water partition coefficient (Wildman–Crippen LogP) is 0.953. The fourth-order valence-electron chi connectivity index (χ4n) is 2.56. The lowest BCUT2D eigenvalue weighted by atomic mass is 9.94. The molecule has 1 heterocycles. The zero-order valence-corrected chi connectivity index (χ0v) is 10.3. The molecule has 0 aromatic rings. The maximum Gasteiger partial charge on any atom is 0.222 e. The molecule has 0 aromatic carbocycles. The summed E-state index contributed by atoms with van der Waals surface area (Å²) >= 11 is 0. The Hall–Kier alpha value is -0.610. The summed E-state index contributed by atoms with van der Waals surface area (Å²) in [5, 5.41) is 3.08. The number of methoxy groups -OCH3 is 1. The molecule has 2 unspecified atom stereocenters. The van der Waals surface area contributed by atoms with Gasteiger partial charge in [-0.3, -0.25) is 4.79 Å². The molecule has 1 amide bonds. The molecule has 4 heteroatoms. The van der Waals surface area contributed by atoms with Crippen LogP contribution in [-0.4, -0.2) is 38.4 Å². The topological polar surface area (TPSA) is 47.6 Å². The number of hydrogen-bond acceptors (Lipinski definition) is 3. The zero-order chi connectivity index (χ0) is 11.8. The normalized spacial score (nSPS) is 37.8. The first-order chi connectivity index (χ1) is 7.60. The maximum atomic E-state index is 11.6. The molecule has 0 radical (unpaired) electrons. The van der Waals surface area contributed by atoms with Gasteiger partial charge in [-0.1, -0.05) is 13.8 Å². The van der Waals surface area contributed by atoms with Crippen LogP contribution in [0.1, 0.15) is 26.7 Å². The highest BCUT2D eigenvalue weighted by Gasteiger charge is 2.61. The first-order valence-corrected chi connectivity index (χ1v) is 6.01. The number of ether oxygens (including phenoxy) is 2. The van der Waals surface area contributed by atoms with E-state index in [0.717, 1.165) is 19.4 Å². The van der Waals surface area contributed by atoms with Crippen LogP contribution in [0, 0.1) is 11.3 Å². The van der Waals surface area contributed by atoms with E-state index in [9.17, 15) is 4.79 Å². The molecule has 2 aliphatic rings. The SMILES string of the molecule is CO[C@H]1CCOCC12CC2NC(=O)C(C)C. The van der Waals surface area contributed by atoms with Crippen LogP contribution < -0.4 is 5.32 Å². The lowest BCUT2D eigenvalue weighted by Crippen LogP contribution is -2.42. The van der Waals surface area contributed by atoms with Crippen LogP contribution in [0.4, 0.5) is 0 Å². The lowest BCUT2D eigenvalue weighted by Gasteiger charge is -2.31. The minimum atomic E-state index is 0.0446. The molecule has 92 valence electrons. The molecule has 3 atom stereocenters. The summed E-state index contributed by atoms with van der Waals surface area (Å²) in [6, 6.07) is 0.243. The summed E-state index contributed by atoms with van der Waals surface area (Å²) in [5.41, 5.74) is 0.0531. The summed E-state index contributed by atoms with van der Waals surface area (Å²) in [6.07, 6.45) is 2.16. The van der Waals surface area contributed by atoms with Crippen molar-refractivity contribution >= 4 is 5.91 Å². The Morgan fingerprint density at radius 1 is 1.56 bits per heavy atom. The van der Waals surface area contributed by atoms with Gasteiger partial charge in [0, 0.05) is 31.1 Å². The maximum absolute atomic E-state index is 11.6. The van der Waals surface area contributed by atoms with Gasteiger partial charge in [0.15, 0.2) is 0 Å². The lowest BCUT2D eigenvalue weighted by molar-refractivity contribution is -0.125. The van der Waals surface area contributed by atoms with Crippen LogP contribution >= 0.6 is 0 Å². The molecule has 2 rings (SSSR count). The monoisotopic (exact) mass is 227 g/mol. The molecule has 1 saturated carbocycles. The van der Waals surface area contributed by atoms with E-state index in [1.165, 1.54) is 0 Å². The molecule has 1 N–H and O–H groups in total. The highest BCUT2D eigenvalue weighted by atomic mass is 16.5. The van der Waals surface area contributed by atoms with Gasteiger partial charge in [0.25, 0.3) is 0 Å². The van der Waals surface area contributed by atoms with Gasteiger partial charge in [0.05, 0.1) is 12.7 Å². The summed E-state index contributed by atoms with van der Waals surface area (Å²) < 4.78 is 11.0. The Morgan fingerprint density at radius 2 is 2.31 bits per heavy atom. The molecule has 1 saturated heterocycles. The second-order valence-corrected chi connectivity index (χ2v) is 5.22. The van der Waals surface area contributed by atoms with Crippen molar-refractivity contribution in [1.82, 2.24) is 5.32 Å². The Morgan fingerprint density at radius 3 is 2.94 bits per heavy atom. The van der Waals surface area contributed by atoms with E-state index in [1.807, 2.05) is 13.8 Å². The zero-order valence-electron chi connectivity index (χ0n) is 10.3. The van der Waals surface area contributed by atoms with Crippen molar-refractivity contribution in [2.45, 2.75) is 38.8 Å². The van der Waals surface area contributed by atoms with Gasteiger partial charge >= 0.3 is 0 Å². The summed E-state index contributed by atoms with van der Waals surface area (Å²) in [4.78, 5) is 11.6. The van der Waals surface area contributed by atoms with Crippen molar-refractivity contribution in [2.75, 3.05) is 20.3 Å². The van der Waals surface area contributed by atoms with Gasteiger partial charge in [0.1, 0.15) is 0 Å². The van der Waals surface area contributed by atoms with E-state index in [1.54, 1.807) is 7.11 Å². The second-order valence-electron chi connectivity index (χ2n) is 5.22. The Balaban J connectivity index is 1.94. The molecule has 2 fully saturated rings. The van der Waals surface area contributed by atoms with Crippen molar-refractivity contribution in [3.05, 3.63) is 0 Å². The van der Waals surface area contributed by atoms with Gasteiger partial charge in [-0.15, -0.1) is 0 Å². The Labute approximate surface area is 96.7 Å². The Kier molecular flexibility index (Phi) is 3.22. The van der Waals surface area contributed by atoms with E-state index in [4.69, 9.17) is 9.47 Å². The van der Waals surface area contributed by atoms with Crippen LogP contribution in [0.15, 0.2) is 0 Å². The van der Waals surface area contributed by atoms with E-state index >= 15 is 0 Å². The third-order valence-corrected chi connectivity index (χ3v) is 3.78. The summed E-state index contributed by atoms with van der Waals surface area (Å²) in [5.74, 6) is 0.172. The second kappa shape index (κ2) is 4.34. The largest absolute Gasteiger partial charge is 0.381 e. The van der Waals surface area contributed by atoms with Gasteiger partial charge < -0.3 is 14.8 Å². The molecule has 16 heavy (non-hydrogen) atoms. The number of rotatable bonds is 3. The fourth-order valence-corrected chi connectivity index (χ4v) is 2.56. The summed E-state index contributed by atoms with van der Waals surface area (Å²) in [7, 11) is 1.75. The third kappa shape index (κ3) is 1.96. The van der Waals surface area contributed by atoms with Crippen molar-refractivity contribution < 1.29 is 14.3 Å². The number of hydrogen-bond donors (Lipinski definition) is 1. The number of nitrogens with one attached hydrogen (secondary N) is 1. The van der Waals surface area contributed by atoms with Crippen LogP contribution in [0.25, 0.3) is 0 Å². The molecule has 1 aliphatic carbocycles. The minimum absolute atomic E-state index is 0.0446. The average molecular weight is 227 g/mol. The predicted molar refractivity (Wildman–Crippen MR) is 60.1 cm³/mol. The summed E-state index contributed by atoms with van der Waals surface area (Å²) in [6.45, 7) is 5.31. The Bertz CT molecular complexity index is 279. The van der Waals surface area contributed by atoms with Crippen molar-refractivity contribution in [3.63, 3.8) is 0 Å². The van der Waals surface area contributed by atoms with Crippen molar-refractivity contribution in [3.8, 4) is 0 Å². The molecule has 1 spiro atoms. The minimum Gasteiger partial charge on any atom is -0.381 e. The molecule has 4 nitrogen and oxygen atoms in total. The fraction of sp³-hybridized carbons (Fsp3) is 0.917. The van der Waals surface area contributed by atoms with Gasteiger partial charge in [-0.05, 0) is 12.8 Å². The highest BCUT2D eigenvalue weighted by molar-refractivity contribution is 5.78. The quantitative estimate of drug-likeness (QED) is 0.781. The first-order valence-electron chi connectivity index (χ1n) is 6.01. The van der Waals surface area contributed by atoms with Crippen LogP contribution in [0.2, 0.25) is 0 Å². The molecule has 0 bridgehead atoms. The van der Waals surface area contributed by atoms with Crippen LogP contribution in [-0.2, 0) is 14.3 Å². The highest BCUT2D eigenvalue weighted by Crippen LogP contribution is 2.52. The van der Waals surface area contributed by atoms with Crippen LogP contribution in [0.3, 0.4) is 0 Å². The molecular formula is C12H21NO3. The third-order valence-electron chi connectivity index (χ3n) is 3.78. The van der Waals surface area contributed by atoms with E-state index in [2.05, 4.69) is 5.32 Å². The smallest absolute Gasteiger partial charge is 0.222 e. The van der Waals surface area contributed by atoms with Crippen LogP contribution in [0.5, 0.6) is 0 Å². The average Bonchev–Trinajstić information content (AvgIpc) is 2.92. The van der Waals surface area contributed by atoms with Crippen molar-refractivity contribution in [2.24, 2.45) is 11.3 Å². The van der Waals surface area contributed by atoms with E-state index < -0.39 is 0 Å². The number of carbonyl (C=O) groups is 1. The number of amides is 1. The van der Waals surface area contributed by atoms with Gasteiger partial charge in [-0.2, -0.15) is 0 Å². The standard InChI is InChI=1S/C12H21NO3/c1-8(2)11(14)13-9-6-12(9)7-16-5-4-10(12)15-3/h8-10H,4-7H2,1-3H3,(H,13,14)/t9?,10-,12?/m0/s1. The van der Waals surface area contributed by atoms with E-state index in [-0.39, 0.29) is 29.4 Å². The molecule has 0 aromatic heterocycles. The molecule has 1 aliphatic heterocycles. The number of carbonyl (C=O) groups excluding carboxylic acids is 1. The van der Waals surface area contributed by atoms with Crippen molar-refractivity contribution in [1.29, 1.82) is 0 Å². The molecular weight excluding hydrogens is 206 g/mol. The van der Waals surface area contributed by atoms with E-state index in [0.29, 0.717) is 6.61 Å². The first kappa shape index (κ1) is 11.9. The van der Waals surface area contributed by atoms with Gasteiger partial charge in [0.2, 0.25) is 5.91 Å². The van der Waals surface area contributed by atoms with Gasteiger partial charge in [-0.25, -0.2) is 0 Å².